The molecule has 0 amide bonds. The van der Waals surface area contributed by atoms with Crippen LogP contribution in [0.5, 0.6) is 0 Å². The van der Waals surface area contributed by atoms with Gasteiger partial charge in [0.1, 0.15) is 0 Å². The molecule has 0 aromatic carbocycles. The maximum absolute atomic E-state index is 11.3. The number of nitrogens with zero attached hydrogens (tertiary/aromatic N) is 1. The van der Waals surface area contributed by atoms with Crippen molar-refractivity contribution in [2.45, 2.75) is 0 Å². The van der Waals surface area contributed by atoms with E-state index in [9.17, 15) is 4.79 Å². The summed E-state index contributed by atoms with van der Waals surface area (Å²) in [7, 11) is 1.38. The third-order valence-corrected chi connectivity index (χ3v) is 2.49. The molecule has 0 atom stereocenters. The molecule has 4 heteroatoms. The standard InChI is InChI=1S/C10H8BrNO2/c1-14-10(13)8-4-5-12-6-7(11)2-3-9(8)12/h2-6H,1H3. The highest BCUT2D eigenvalue weighted by Crippen LogP contribution is 2.17. The number of hydrogen-bond acceptors (Lipinski definition) is 2. The molecule has 0 radical (unpaired) electrons. The summed E-state index contributed by atoms with van der Waals surface area (Å²) >= 11 is 3.36. The molecule has 0 saturated heterocycles. The first-order valence-corrected chi connectivity index (χ1v) is 4.86. The van der Waals surface area contributed by atoms with Crippen LogP contribution in [0.3, 0.4) is 0 Å². The van der Waals surface area contributed by atoms with Crippen LogP contribution >= 0.6 is 15.9 Å². The van der Waals surface area contributed by atoms with Gasteiger partial charge in [-0.1, -0.05) is 0 Å². The Morgan fingerprint density at radius 1 is 1.43 bits per heavy atom. The summed E-state index contributed by atoms with van der Waals surface area (Å²) in [5.74, 6) is -0.310. The van der Waals surface area contributed by atoms with Crippen LogP contribution in [0.1, 0.15) is 10.4 Å². The molecule has 0 aliphatic heterocycles. The largest absolute Gasteiger partial charge is 0.465 e. The molecule has 0 spiro atoms. The summed E-state index contributed by atoms with van der Waals surface area (Å²) in [6.45, 7) is 0. The normalized spacial score (nSPS) is 10.4. The van der Waals surface area contributed by atoms with E-state index in [4.69, 9.17) is 0 Å². The summed E-state index contributed by atoms with van der Waals surface area (Å²) in [6, 6.07) is 5.51. The molecule has 0 saturated carbocycles. The molecular weight excluding hydrogens is 246 g/mol. The number of carbonyl (C=O) groups is 1. The first kappa shape index (κ1) is 9.27. The van der Waals surface area contributed by atoms with Gasteiger partial charge in [-0.25, -0.2) is 4.79 Å². The average molecular weight is 254 g/mol. The van der Waals surface area contributed by atoms with E-state index in [1.165, 1.54) is 7.11 Å². The SMILES string of the molecule is COC(=O)c1ccn2cc(Br)ccc12. The topological polar surface area (TPSA) is 30.7 Å². The molecule has 0 fully saturated rings. The Morgan fingerprint density at radius 2 is 2.21 bits per heavy atom. The lowest BCUT2D eigenvalue weighted by Crippen LogP contribution is -2.00. The van der Waals surface area contributed by atoms with Crippen LogP contribution in [0.2, 0.25) is 0 Å². The molecule has 0 aliphatic carbocycles. The second-order valence-electron chi connectivity index (χ2n) is 2.86. The van der Waals surface area contributed by atoms with Crippen molar-refractivity contribution in [3.63, 3.8) is 0 Å². The van der Waals surface area contributed by atoms with Crippen LogP contribution in [-0.4, -0.2) is 17.5 Å². The Morgan fingerprint density at radius 3 is 2.93 bits per heavy atom. The maximum Gasteiger partial charge on any atom is 0.340 e. The summed E-state index contributed by atoms with van der Waals surface area (Å²) in [5, 5.41) is 0. The number of halogens is 1. The quantitative estimate of drug-likeness (QED) is 0.732. The number of hydrogen-bond donors (Lipinski definition) is 0. The lowest BCUT2D eigenvalue weighted by atomic mass is 10.2. The number of carbonyl (C=O) groups excluding carboxylic acids is 1. The van der Waals surface area contributed by atoms with E-state index >= 15 is 0 Å². The molecule has 0 aliphatic rings. The molecule has 0 bridgehead atoms. The molecule has 0 unspecified atom stereocenters. The second kappa shape index (κ2) is 3.46. The van der Waals surface area contributed by atoms with Crippen molar-refractivity contribution in [2.24, 2.45) is 0 Å². The van der Waals surface area contributed by atoms with Crippen LogP contribution in [0.15, 0.2) is 35.1 Å². The maximum atomic E-state index is 11.3. The van der Waals surface area contributed by atoms with Crippen molar-refractivity contribution >= 4 is 27.4 Å². The predicted octanol–water partition coefficient (Wildman–Crippen LogP) is 2.49. The Labute approximate surface area is 89.4 Å². The van der Waals surface area contributed by atoms with Crippen LogP contribution in [-0.2, 0) is 4.74 Å². The predicted molar refractivity (Wildman–Crippen MR) is 56.4 cm³/mol. The van der Waals surface area contributed by atoms with E-state index in [-0.39, 0.29) is 5.97 Å². The Kier molecular flexibility index (Phi) is 2.29. The van der Waals surface area contributed by atoms with Crippen molar-refractivity contribution in [2.75, 3.05) is 7.11 Å². The van der Waals surface area contributed by atoms with Crippen molar-refractivity contribution in [1.82, 2.24) is 4.40 Å². The molecule has 2 aromatic rings. The number of pyridine rings is 1. The second-order valence-corrected chi connectivity index (χ2v) is 3.78. The van der Waals surface area contributed by atoms with Gasteiger partial charge in [-0.05, 0) is 34.1 Å². The van der Waals surface area contributed by atoms with Gasteiger partial charge in [-0.15, -0.1) is 0 Å². The average Bonchev–Trinajstić information content (AvgIpc) is 2.59. The summed E-state index contributed by atoms with van der Waals surface area (Å²) in [6.07, 6.45) is 3.72. The summed E-state index contributed by atoms with van der Waals surface area (Å²) in [5.41, 5.74) is 1.43. The van der Waals surface area contributed by atoms with Gasteiger partial charge in [0.2, 0.25) is 0 Å². The number of fused-ring (bicyclic) bond motifs is 1. The first-order valence-electron chi connectivity index (χ1n) is 4.07. The van der Waals surface area contributed by atoms with E-state index in [1.54, 1.807) is 6.07 Å². The Bertz CT molecular complexity index is 490. The van der Waals surface area contributed by atoms with Gasteiger partial charge in [-0.3, -0.25) is 0 Å². The van der Waals surface area contributed by atoms with Crippen LogP contribution in [0.25, 0.3) is 5.52 Å². The number of esters is 1. The minimum absolute atomic E-state index is 0.310. The zero-order valence-corrected chi connectivity index (χ0v) is 9.11. The van der Waals surface area contributed by atoms with Crippen LogP contribution in [0.4, 0.5) is 0 Å². The minimum atomic E-state index is -0.310. The minimum Gasteiger partial charge on any atom is -0.465 e. The lowest BCUT2D eigenvalue weighted by Gasteiger charge is -1.98. The molecule has 72 valence electrons. The summed E-state index contributed by atoms with van der Waals surface area (Å²) in [4.78, 5) is 11.3. The highest BCUT2D eigenvalue weighted by Gasteiger charge is 2.10. The zero-order chi connectivity index (χ0) is 10.1. The van der Waals surface area contributed by atoms with E-state index in [0.29, 0.717) is 5.56 Å². The van der Waals surface area contributed by atoms with E-state index in [0.717, 1.165) is 9.99 Å². The number of aromatic nitrogens is 1. The number of methoxy groups -OCH3 is 1. The third-order valence-electron chi connectivity index (χ3n) is 2.02. The number of rotatable bonds is 1. The Balaban J connectivity index is 2.64. The van der Waals surface area contributed by atoms with Crippen LogP contribution < -0.4 is 0 Å². The fourth-order valence-corrected chi connectivity index (χ4v) is 1.72. The number of ether oxygens (including phenoxy) is 1. The summed E-state index contributed by atoms with van der Waals surface area (Å²) < 4.78 is 7.51. The van der Waals surface area contributed by atoms with Gasteiger partial charge >= 0.3 is 5.97 Å². The first-order chi connectivity index (χ1) is 6.72. The monoisotopic (exact) mass is 253 g/mol. The highest BCUT2D eigenvalue weighted by atomic mass is 79.9. The molecule has 14 heavy (non-hydrogen) atoms. The van der Waals surface area contributed by atoms with Gasteiger partial charge in [0.05, 0.1) is 18.2 Å². The van der Waals surface area contributed by atoms with Crippen LogP contribution in [0, 0.1) is 0 Å². The van der Waals surface area contributed by atoms with E-state index in [1.807, 2.05) is 28.9 Å². The van der Waals surface area contributed by atoms with E-state index in [2.05, 4.69) is 20.7 Å². The van der Waals surface area contributed by atoms with Crippen molar-refractivity contribution in [1.29, 1.82) is 0 Å². The zero-order valence-electron chi connectivity index (χ0n) is 7.53. The lowest BCUT2D eigenvalue weighted by molar-refractivity contribution is 0.0603. The van der Waals surface area contributed by atoms with Crippen molar-refractivity contribution in [3.05, 3.63) is 40.6 Å². The van der Waals surface area contributed by atoms with Gasteiger partial charge in [0.15, 0.2) is 0 Å². The fourth-order valence-electron chi connectivity index (χ4n) is 1.37. The molecule has 2 rings (SSSR count). The molecule has 2 heterocycles. The smallest absolute Gasteiger partial charge is 0.340 e. The van der Waals surface area contributed by atoms with Gasteiger partial charge < -0.3 is 9.14 Å². The Hall–Kier alpha value is -1.29. The van der Waals surface area contributed by atoms with Gasteiger partial charge in [-0.2, -0.15) is 0 Å². The van der Waals surface area contributed by atoms with Crippen molar-refractivity contribution in [3.8, 4) is 0 Å². The van der Waals surface area contributed by atoms with Gasteiger partial charge in [0, 0.05) is 16.9 Å². The third kappa shape index (κ3) is 1.42. The fraction of sp³-hybridized carbons (Fsp3) is 0.100. The molecule has 0 N–H and O–H groups in total. The van der Waals surface area contributed by atoms with Gasteiger partial charge in [0.25, 0.3) is 0 Å². The van der Waals surface area contributed by atoms with E-state index < -0.39 is 0 Å². The molecule has 3 nitrogen and oxygen atoms in total. The van der Waals surface area contributed by atoms with Crippen molar-refractivity contribution < 1.29 is 9.53 Å². The molecule has 2 aromatic heterocycles. The highest BCUT2D eigenvalue weighted by molar-refractivity contribution is 9.10. The molecular formula is C10H8BrNO2.